The molecule has 0 saturated heterocycles. The van der Waals surface area contributed by atoms with E-state index in [0.717, 1.165) is 15.7 Å². The van der Waals surface area contributed by atoms with Crippen molar-refractivity contribution in [3.05, 3.63) is 29.2 Å². The van der Waals surface area contributed by atoms with Crippen LogP contribution in [0.25, 0.3) is 5.65 Å². The van der Waals surface area contributed by atoms with Gasteiger partial charge in [-0.1, -0.05) is 36.9 Å². The van der Waals surface area contributed by atoms with Gasteiger partial charge in [0.25, 0.3) is 5.91 Å². The molecule has 0 aliphatic carbocycles. The van der Waals surface area contributed by atoms with E-state index in [2.05, 4.69) is 39.4 Å². The molecular formula is C14H16N6OS2. The molecule has 0 aromatic carbocycles. The SMILES string of the molecule is Cc1cc2nc(C(=O)Nc3nnc(SC(C)C)s3)cc(C)n2n1. The Bertz CT molecular complexity index is 869. The van der Waals surface area contributed by atoms with Crippen LogP contribution in [0.2, 0.25) is 0 Å². The van der Waals surface area contributed by atoms with Gasteiger partial charge < -0.3 is 0 Å². The number of carbonyl (C=O) groups is 1. The molecule has 3 rings (SSSR count). The zero-order valence-electron chi connectivity index (χ0n) is 13.2. The van der Waals surface area contributed by atoms with Gasteiger partial charge in [0, 0.05) is 17.0 Å². The van der Waals surface area contributed by atoms with Crippen LogP contribution in [0.3, 0.4) is 0 Å². The molecule has 9 heteroatoms. The zero-order chi connectivity index (χ0) is 16.6. The zero-order valence-corrected chi connectivity index (χ0v) is 14.8. The van der Waals surface area contributed by atoms with Crippen LogP contribution in [0.5, 0.6) is 0 Å². The van der Waals surface area contributed by atoms with Gasteiger partial charge in [0.05, 0.1) is 5.69 Å². The summed E-state index contributed by atoms with van der Waals surface area (Å²) in [6.07, 6.45) is 0. The van der Waals surface area contributed by atoms with Crippen molar-refractivity contribution in [3.63, 3.8) is 0 Å². The molecule has 3 aromatic heterocycles. The summed E-state index contributed by atoms with van der Waals surface area (Å²) in [6, 6.07) is 3.55. The maximum absolute atomic E-state index is 12.4. The number of nitrogens with zero attached hydrogens (tertiary/aromatic N) is 5. The normalized spacial score (nSPS) is 11.3. The predicted molar refractivity (Wildman–Crippen MR) is 91.3 cm³/mol. The van der Waals surface area contributed by atoms with Gasteiger partial charge in [-0.25, -0.2) is 9.50 Å². The second kappa shape index (κ2) is 6.25. The lowest BCUT2D eigenvalue weighted by molar-refractivity contribution is 0.102. The van der Waals surface area contributed by atoms with Crippen LogP contribution in [0.15, 0.2) is 16.5 Å². The quantitative estimate of drug-likeness (QED) is 0.576. The van der Waals surface area contributed by atoms with E-state index in [4.69, 9.17) is 0 Å². The van der Waals surface area contributed by atoms with Gasteiger partial charge >= 0.3 is 0 Å². The van der Waals surface area contributed by atoms with Crippen LogP contribution in [-0.4, -0.2) is 36.0 Å². The summed E-state index contributed by atoms with van der Waals surface area (Å²) in [5.74, 6) is -0.299. The fourth-order valence-electron chi connectivity index (χ4n) is 2.03. The lowest BCUT2D eigenvalue weighted by atomic mass is 10.3. The fourth-order valence-corrected chi connectivity index (χ4v) is 4.00. The molecule has 0 aliphatic heterocycles. The molecule has 0 atom stereocenters. The van der Waals surface area contributed by atoms with Crippen LogP contribution in [-0.2, 0) is 0 Å². The Morgan fingerprint density at radius 3 is 2.83 bits per heavy atom. The number of hydrogen-bond acceptors (Lipinski definition) is 7. The van der Waals surface area contributed by atoms with Crippen molar-refractivity contribution in [2.45, 2.75) is 37.3 Å². The Labute approximate surface area is 141 Å². The Morgan fingerprint density at radius 1 is 1.30 bits per heavy atom. The maximum atomic E-state index is 12.4. The van der Waals surface area contributed by atoms with E-state index in [-0.39, 0.29) is 5.91 Å². The van der Waals surface area contributed by atoms with Crippen molar-refractivity contribution in [3.8, 4) is 0 Å². The van der Waals surface area contributed by atoms with Crippen molar-refractivity contribution < 1.29 is 4.79 Å². The van der Waals surface area contributed by atoms with Crippen LogP contribution >= 0.6 is 23.1 Å². The van der Waals surface area contributed by atoms with Crippen molar-refractivity contribution in [1.82, 2.24) is 24.8 Å². The van der Waals surface area contributed by atoms with E-state index in [1.54, 1.807) is 22.3 Å². The van der Waals surface area contributed by atoms with Gasteiger partial charge in [0.15, 0.2) is 9.99 Å². The van der Waals surface area contributed by atoms with Gasteiger partial charge in [0.1, 0.15) is 5.69 Å². The summed E-state index contributed by atoms with van der Waals surface area (Å²) in [6.45, 7) is 7.95. The van der Waals surface area contributed by atoms with Gasteiger partial charge in [0.2, 0.25) is 5.13 Å². The van der Waals surface area contributed by atoms with Crippen LogP contribution < -0.4 is 5.32 Å². The number of hydrogen-bond donors (Lipinski definition) is 1. The number of aryl methyl sites for hydroxylation is 2. The summed E-state index contributed by atoms with van der Waals surface area (Å²) in [4.78, 5) is 16.7. The highest BCUT2D eigenvalue weighted by atomic mass is 32.2. The topological polar surface area (TPSA) is 85.1 Å². The summed E-state index contributed by atoms with van der Waals surface area (Å²) in [5.41, 5.74) is 2.70. The van der Waals surface area contributed by atoms with E-state index < -0.39 is 0 Å². The largest absolute Gasteiger partial charge is 0.295 e. The smallest absolute Gasteiger partial charge is 0.276 e. The van der Waals surface area contributed by atoms with E-state index in [0.29, 0.717) is 21.7 Å². The van der Waals surface area contributed by atoms with Crippen LogP contribution in [0.4, 0.5) is 5.13 Å². The molecule has 1 amide bonds. The molecule has 0 radical (unpaired) electrons. The third kappa shape index (κ3) is 3.50. The number of amides is 1. The molecule has 0 saturated carbocycles. The van der Waals surface area contributed by atoms with Crippen LogP contribution in [0.1, 0.15) is 35.7 Å². The summed E-state index contributed by atoms with van der Waals surface area (Å²) in [5, 5.41) is 16.0. The van der Waals surface area contributed by atoms with Crippen molar-refractivity contribution >= 4 is 39.8 Å². The number of nitrogens with one attached hydrogen (secondary N) is 1. The fraction of sp³-hybridized carbons (Fsp3) is 0.357. The number of thioether (sulfide) groups is 1. The lowest BCUT2D eigenvalue weighted by Crippen LogP contribution is -2.15. The van der Waals surface area contributed by atoms with E-state index >= 15 is 0 Å². The summed E-state index contributed by atoms with van der Waals surface area (Å²) < 4.78 is 2.55. The first kappa shape index (κ1) is 15.9. The molecule has 23 heavy (non-hydrogen) atoms. The molecule has 0 spiro atoms. The van der Waals surface area contributed by atoms with Gasteiger partial charge in [-0.2, -0.15) is 5.10 Å². The minimum Gasteiger partial charge on any atom is -0.295 e. The molecule has 7 nitrogen and oxygen atoms in total. The molecule has 120 valence electrons. The summed E-state index contributed by atoms with van der Waals surface area (Å²) >= 11 is 2.98. The highest BCUT2D eigenvalue weighted by Crippen LogP contribution is 2.28. The predicted octanol–water partition coefficient (Wildman–Crippen LogP) is 2.95. The molecule has 1 N–H and O–H groups in total. The second-order valence-electron chi connectivity index (χ2n) is 5.33. The highest BCUT2D eigenvalue weighted by molar-refractivity contribution is 8.01. The monoisotopic (exact) mass is 348 g/mol. The first-order valence-corrected chi connectivity index (χ1v) is 8.77. The van der Waals surface area contributed by atoms with Crippen molar-refractivity contribution in [1.29, 1.82) is 0 Å². The van der Waals surface area contributed by atoms with E-state index in [1.807, 2.05) is 19.9 Å². The molecule has 0 bridgehead atoms. The first-order valence-electron chi connectivity index (χ1n) is 7.08. The minimum absolute atomic E-state index is 0.299. The average Bonchev–Trinajstić information content (AvgIpc) is 3.04. The molecule has 3 aromatic rings. The van der Waals surface area contributed by atoms with E-state index in [9.17, 15) is 4.79 Å². The van der Waals surface area contributed by atoms with Crippen molar-refractivity contribution in [2.75, 3.05) is 5.32 Å². The first-order chi connectivity index (χ1) is 10.9. The number of fused-ring (bicyclic) bond motifs is 1. The third-order valence-corrected chi connectivity index (χ3v) is 4.85. The third-order valence-electron chi connectivity index (χ3n) is 2.92. The number of rotatable bonds is 4. The van der Waals surface area contributed by atoms with Gasteiger partial charge in [-0.15, -0.1) is 10.2 Å². The number of anilines is 1. The number of aromatic nitrogens is 5. The molecule has 0 unspecified atom stereocenters. The molecule has 0 fully saturated rings. The lowest BCUT2D eigenvalue weighted by Gasteiger charge is -2.04. The minimum atomic E-state index is -0.299. The van der Waals surface area contributed by atoms with Gasteiger partial charge in [-0.05, 0) is 19.9 Å². The Kier molecular flexibility index (Phi) is 4.31. The average molecular weight is 348 g/mol. The Hall–Kier alpha value is -2.00. The number of carbonyl (C=O) groups excluding carboxylic acids is 1. The maximum Gasteiger partial charge on any atom is 0.276 e. The van der Waals surface area contributed by atoms with Crippen molar-refractivity contribution in [2.24, 2.45) is 0 Å². The standard InChI is InChI=1S/C14H16N6OS2/c1-7(2)22-14-18-17-13(23-14)16-12(21)10-6-9(4)20-11(15-10)5-8(3)19-20/h5-7H,1-4H3,(H,16,17,21). The molecule has 3 heterocycles. The van der Waals surface area contributed by atoms with Crippen LogP contribution in [0, 0.1) is 13.8 Å². The van der Waals surface area contributed by atoms with Gasteiger partial charge in [-0.3, -0.25) is 10.1 Å². The Balaban J connectivity index is 1.81. The molecular weight excluding hydrogens is 332 g/mol. The van der Waals surface area contributed by atoms with E-state index in [1.165, 1.54) is 11.3 Å². The molecule has 0 aliphatic rings. The Morgan fingerprint density at radius 2 is 2.09 bits per heavy atom. The summed E-state index contributed by atoms with van der Waals surface area (Å²) in [7, 11) is 0. The highest BCUT2D eigenvalue weighted by Gasteiger charge is 2.15. The second-order valence-corrected chi connectivity index (χ2v) is 8.13.